The van der Waals surface area contributed by atoms with Crippen molar-refractivity contribution in [1.82, 2.24) is 34.8 Å². The third kappa shape index (κ3) is 7.64. The highest BCUT2D eigenvalue weighted by Gasteiger charge is 2.85. The molecule has 12 nitrogen and oxygen atoms in total. The number of rotatable bonds is 13. The average Bonchev–Trinajstić information content (AvgIpc) is 3.63. The van der Waals surface area contributed by atoms with Crippen LogP contribution in [-0.4, -0.2) is 106 Å². The Morgan fingerprint density at radius 3 is 2.00 bits per heavy atom. The summed E-state index contributed by atoms with van der Waals surface area (Å²) in [4.78, 5) is 77.4. The predicted molar refractivity (Wildman–Crippen MR) is 235 cm³/mol. The smallest absolute Gasteiger partial charge is 0.257 e. The molecule has 60 heavy (non-hydrogen) atoms. The third-order valence-electron chi connectivity index (χ3n) is 17.5. The Bertz CT molecular complexity index is 1680. The van der Waals surface area contributed by atoms with Crippen molar-refractivity contribution >= 4 is 41.7 Å². The number of piperidine rings is 1. The topological polar surface area (TPSA) is 143 Å². The van der Waals surface area contributed by atoms with Crippen molar-refractivity contribution in [3.63, 3.8) is 0 Å². The molecule has 3 saturated heterocycles. The van der Waals surface area contributed by atoms with Gasteiger partial charge in [-0.15, -0.1) is 6.58 Å². The van der Waals surface area contributed by atoms with Crippen LogP contribution in [0.4, 0.5) is 0 Å². The molecule has 5 aliphatic carbocycles. The summed E-state index contributed by atoms with van der Waals surface area (Å²) < 4.78 is 5.16. The lowest BCUT2D eigenvalue weighted by atomic mass is 9.73. The average molecular weight is 850 g/mol. The van der Waals surface area contributed by atoms with Crippen molar-refractivity contribution in [1.29, 1.82) is 0 Å². The molecule has 3 aliphatic heterocycles. The van der Waals surface area contributed by atoms with Crippen LogP contribution in [0.5, 0.6) is 0 Å². The molecule has 0 radical (unpaired) electrons. The van der Waals surface area contributed by atoms with Crippen molar-refractivity contribution in [2.45, 2.75) is 192 Å². The molecule has 0 bridgehead atoms. The largest absolute Gasteiger partial charge is 0.343 e. The van der Waals surface area contributed by atoms with Crippen LogP contribution < -0.4 is 20.7 Å². The molecule has 2 spiro atoms. The van der Waals surface area contributed by atoms with E-state index in [-0.39, 0.29) is 63.7 Å². The number of amides is 5. The van der Waals surface area contributed by atoms with Crippen molar-refractivity contribution in [2.75, 3.05) is 26.2 Å². The summed E-state index contributed by atoms with van der Waals surface area (Å²) in [5.41, 5.74) is -2.02. The Hall–Kier alpha value is -2.64. The summed E-state index contributed by atoms with van der Waals surface area (Å²) in [6, 6.07) is -2.27. The molecule has 0 aromatic rings. The second-order valence-electron chi connectivity index (χ2n) is 21.9. The normalized spacial score (nSPS) is 33.8. The van der Waals surface area contributed by atoms with Gasteiger partial charge in [0.15, 0.2) is 0 Å². The number of fused-ring (bicyclic) bond motifs is 1. The molecule has 8 rings (SSSR count). The van der Waals surface area contributed by atoms with E-state index < -0.39 is 29.1 Å². The van der Waals surface area contributed by atoms with Crippen LogP contribution in [0, 0.1) is 33.5 Å². The molecule has 8 fully saturated rings. The molecule has 7 unspecified atom stereocenters. The van der Waals surface area contributed by atoms with E-state index >= 15 is 4.79 Å². The van der Waals surface area contributed by atoms with E-state index in [1.807, 2.05) is 20.8 Å². The fourth-order valence-corrected chi connectivity index (χ4v) is 14.3. The van der Waals surface area contributed by atoms with Crippen LogP contribution in [0.1, 0.15) is 157 Å². The Morgan fingerprint density at radius 2 is 1.40 bits per heavy atom. The van der Waals surface area contributed by atoms with E-state index in [0.717, 1.165) is 116 Å². The van der Waals surface area contributed by atoms with Gasteiger partial charge in [0.05, 0.1) is 6.04 Å². The van der Waals surface area contributed by atoms with Crippen LogP contribution in [0.3, 0.4) is 0 Å². The maximum atomic E-state index is 15.4. The summed E-state index contributed by atoms with van der Waals surface area (Å²) in [5.74, 6) is -1.39. The van der Waals surface area contributed by atoms with Gasteiger partial charge in [-0.2, -0.15) is 0 Å². The maximum absolute atomic E-state index is 15.4. The zero-order valence-corrected chi connectivity index (χ0v) is 38.2. The highest BCUT2D eigenvalue weighted by Crippen LogP contribution is 2.88. The second-order valence-corrected chi connectivity index (χ2v) is 22.8. The van der Waals surface area contributed by atoms with E-state index in [0.29, 0.717) is 25.4 Å². The van der Waals surface area contributed by atoms with Gasteiger partial charge in [0.25, 0.3) is 5.91 Å². The highest BCUT2D eigenvalue weighted by atomic mass is 32.2. The number of carbonyl (C=O) groups is 5. The first-order chi connectivity index (χ1) is 28.6. The summed E-state index contributed by atoms with van der Waals surface area (Å²) in [7, 11) is 0. The number of hydrogen-bond donors (Lipinski definition) is 4. The Labute approximate surface area is 363 Å². The van der Waals surface area contributed by atoms with E-state index in [1.54, 1.807) is 11.0 Å². The monoisotopic (exact) mass is 850 g/mol. The molecule has 8 aliphatic rings. The molecule has 7 atom stereocenters. The maximum Gasteiger partial charge on any atom is 0.257 e. The molecular weight excluding hydrogens is 775 g/mol. The predicted octanol–water partition coefficient (Wildman–Crippen LogP) is 6.01. The van der Waals surface area contributed by atoms with Gasteiger partial charge >= 0.3 is 0 Å². The molecule has 0 aromatic carbocycles. The summed E-state index contributed by atoms with van der Waals surface area (Å²) in [6.07, 6.45) is 20.6. The van der Waals surface area contributed by atoms with Gasteiger partial charge in [-0.3, -0.25) is 33.6 Å². The van der Waals surface area contributed by atoms with Crippen LogP contribution in [-0.2, 0) is 24.0 Å². The first-order valence-electron chi connectivity index (χ1n) is 23.9. The van der Waals surface area contributed by atoms with Crippen molar-refractivity contribution in [3.8, 4) is 0 Å². The minimum atomic E-state index is -1.11. The summed E-state index contributed by atoms with van der Waals surface area (Å²) in [5, 5.41) is 9.75. The third-order valence-corrected chi connectivity index (χ3v) is 18.4. The lowest BCUT2D eigenvalue weighted by Gasteiger charge is -2.41. The number of hydrogen-bond acceptors (Lipinski definition) is 8. The minimum Gasteiger partial charge on any atom is -0.343 e. The second kappa shape index (κ2) is 16.8. The molecule has 334 valence electrons. The van der Waals surface area contributed by atoms with Gasteiger partial charge in [0.1, 0.15) is 23.7 Å². The zero-order chi connectivity index (χ0) is 42.7. The fourth-order valence-electron chi connectivity index (χ4n) is 13.4. The van der Waals surface area contributed by atoms with Gasteiger partial charge in [0, 0.05) is 49.1 Å². The molecule has 4 N–H and O–H groups in total. The number of nitrogens with one attached hydrogen (secondary N) is 4. The van der Waals surface area contributed by atoms with Crippen molar-refractivity contribution in [2.24, 2.45) is 33.5 Å². The molecule has 3 heterocycles. The van der Waals surface area contributed by atoms with E-state index in [4.69, 9.17) is 0 Å². The lowest BCUT2D eigenvalue weighted by Crippen LogP contribution is -2.63. The van der Waals surface area contributed by atoms with Gasteiger partial charge in [0.2, 0.25) is 23.6 Å². The van der Waals surface area contributed by atoms with Gasteiger partial charge in [-0.1, -0.05) is 85.6 Å². The number of nitrogens with zero attached hydrogens (tertiary/aromatic N) is 3. The Balaban J connectivity index is 1.03. The molecule has 0 aromatic heterocycles. The molecule has 5 saturated carbocycles. The van der Waals surface area contributed by atoms with Gasteiger partial charge in [-0.25, -0.2) is 4.31 Å². The van der Waals surface area contributed by atoms with E-state index in [2.05, 4.69) is 50.3 Å². The summed E-state index contributed by atoms with van der Waals surface area (Å²) in [6.45, 7) is 17.7. The molecule has 13 heteroatoms. The Kier molecular flexibility index (Phi) is 12.3. The minimum absolute atomic E-state index is 0.0106. The zero-order valence-electron chi connectivity index (χ0n) is 37.4. The van der Waals surface area contributed by atoms with Crippen molar-refractivity contribution < 1.29 is 24.0 Å². The van der Waals surface area contributed by atoms with Crippen LogP contribution >= 0.6 is 12.1 Å². The first-order valence-corrected chi connectivity index (χ1v) is 24.7. The van der Waals surface area contributed by atoms with Crippen LogP contribution in [0.25, 0.3) is 0 Å². The van der Waals surface area contributed by atoms with Crippen molar-refractivity contribution in [3.05, 3.63) is 12.7 Å². The van der Waals surface area contributed by atoms with Crippen LogP contribution in [0.15, 0.2) is 12.7 Å². The highest BCUT2D eigenvalue weighted by molar-refractivity contribution is 7.95. The quantitative estimate of drug-likeness (QED) is 0.130. The fraction of sp³-hybridized carbons (Fsp3) is 0.851. The van der Waals surface area contributed by atoms with E-state index in [1.165, 1.54) is 25.0 Å². The summed E-state index contributed by atoms with van der Waals surface area (Å²) >= 11 is 1.31. The van der Waals surface area contributed by atoms with Gasteiger partial charge < -0.3 is 20.9 Å². The van der Waals surface area contributed by atoms with Crippen LogP contribution in [0.2, 0.25) is 0 Å². The SMILES string of the molecule is C=CC1CC1(NC(=O)C1CC2(CN1C(=O)C(NC(=O)C(NC(=O)C1CCCCN1C1CCCC1)C1CCCCC1)C(C)(C)C)C(C)(C)C21CCC1)C(=O)NSN1CCCC1. The molecule has 5 amide bonds. The van der Waals surface area contributed by atoms with E-state index in [9.17, 15) is 19.2 Å². The number of carbonyl (C=O) groups excluding carboxylic acids is 5. The Morgan fingerprint density at radius 1 is 0.750 bits per heavy atom. The molecular formula is C47H75N7O5S. The first kappa shape index (κ1) is 44.0. The standard InChI is InChI=1S/C47H75N7O5S/c1-7-32-28-47(32,42(59)51-60-52-25-15-16-26-52)50-39(56)35-29-46(44(5,6)45(46)23-17-24-45)30-54(35)41(58)37(43(2,3)4)49-40(57)36(31-18-9-8-10-19-31)48-38(55)34-22-13-14-27-53(34)33-20-11-12-21-33/h7,31-37H,1,8-30H2,2-6H3,(H,48,55)(H,49,57)(H,50,56)(H,51,59). The van der Waals surface area contributed by atoms with Gasteiger partial charge in [-0.05, 0) is 106 Å². The lowest BCUT2D eigenvalue weighted by molar-refractivity contribution is -0.145. The number of likely N-dealkylation sites (tertiary alicyclic amines) is 2.